The van der Waals surface area contributed by atoms with E-state index < -0.39 is 5.97 Å². The second kappa shape index (κ2) is 6.26. The molecule has 0 fully saturated rings. The first-order valence-corrected chi connectivity index (χ1v) is 6.51. The molecule has 21 heavy (non-hydrogen) atoms. The van der Waals surface area contributed by atoms with E-state index in [4.69, 9.17) is 4.74 Å². The largest absolute Gasteiger partial charge is 0.497 e. The molecule has 0 heterocycles. The molecular weight excluding hydrogens is 273 g/mol. The van der Waals surface area contributed by atoms with E-state index in [9.17, 15) is 14.3 Å². The molecule has 0 radical (unpaired) electrons. The van der Waals surface area contributed by atoms with E-state index in [-0.39, 0.29) is 11.4 Å². The second-order valence-corrected chi connectivity index (χ2v) is 4.41. The fraction of sp³-hybridized carbons (Fsp3) is 0.188. The summed E-state index contributed by atoms with van der Waals surface area (Å²) >= 11 is 0. The van der Waals surface area contributed by atoms with E-state index in [1.54, 1.807) is 29.2 Å². The van der Waals surface area contributed by atoms with Crippen molar-refractivity contribution in [3.05, 3.63) is 53.8 Å². The Labute approximate surface area is 122 Å². The van der Waals surface area contributed by atoms with Gasteiger partial charge in [-0.1, -0.05) is 0 Å². The Morgan fingerprint density at radius 3 is 2.43 bits per heavy atom. The number of carbonyl (C=O) groups is 1. The van der Waals surface area contributed by atoms with Crippen molar-refractivity contribution in [2.24, 2.45) is 0 Å². The van der Waals surface area contributed by atoms with Gasteiger partial charge < -0.3 is 14.7 Å². The first-order chi connectivity index (χ1) is 10.1. The van der Waals surface area contributed by atoms with E-state index in [2.05, 4.69) is 0 Å². The maximum absolute atomic E-state index is 13.1. The van der Waals surface area contributed by atoms with Crippen LogP contribution in [-0.4, -0.2) is 24.7 Å². The third-order valence-electron chi connectivity index (χ3n) is 3.18. The van der Waals surface area contributed by atoms with Gasteiger partial charge in [0.2, 0.25) is 0 Å². The van der Waals surface area contributed by atoms with Gasteiger partial charge in [0.15, 0.2) is 0 Å². The summed E-state index contributed by atoms with van der Waals surface area (Å²) in [6.45, 7) is 2.44. The Hall–Kier alpha value is -2.56. The monoisotopic (exact) mass is 289 g/mol. The molecular formula is C16H16FNO3. The number of hydrogen-bond acceptors (Lipinski definition) is 3. The highest BCUT2D eigenvalue weighted by atomic mass is 19.1. The molecule has 0 bridgehead atoms. The summed E-state index contributed by atoms with van der Waals surface area (Å²) < 4.78 is 18.2. The van der Waals surface area contributed by atoms with Crippen molar-refractivity contribution in [3.63, 3.8) is 0 Å². The standard InChI is InChI=1S/C16H16FNO3/c1-3-18(12-6-4-11(17)5-7-12)15-10-13(21-2)8-9-14(15)16(19)20/h4-10H,3H2,1-2H3,(H,19,20). The number of methoxy groups -OCH3 is 1. The van der Waals surface area contributed by atoms with Crippen LogP contribution in [0, 0.1) is 5.82 Å². The Morgan fingerprint density at radius 2 is 1.90 bits per heavy atom. The van der Waals surface area contributed by atoms with Gasteiger partial charge in [0.1, 0.15) is 11.6 Å². The van der Waals surface area contributed by atoms with E-state index in [0.29, 0.717) is 18.0 Å². The zero-order chi connectivity index (χ0) is 15.4. The third kappa shape index (κ3) is 3.13. The van der Waals surface area contributed by atoms with Crippen molar-refractivity contribution in [1.82, 2.24) is 0 Å². The van der Waals surface area contributed by atoms with Gasteiger partial charge in [0, 0.05) is 18.3 Å². The minimum atomic E-state index is -1.02. The van der Waals surface area contributed by atoms with E-state index in [1.807, 2.05) is 6.92 Å². The summed E-state index contributed by atoms with van der Waals surface area (Å²) in [5.74, 6) is -0.789. The molecule has 2 aromatic carbocycles. The van der Waals surface area contributed by atoms with E-state index in [1.165, 1.54) is 25.3 Å². The number of ether oxygens (including phenoxy) is 1. The van der Waals surface area contributed by atoms with Crippen molar-refractivity contribution in [2.75, 3.05) is 18.6 Å². The molecule has 4 nitrogen and oxygen atoms in total. The lowest BCUT2D eigenvalue weighted by atomic mass is 10.1. The summed E-state index contributed by atoms with van der Waals surface area (Å²) in [5, 5.41) is 9.34. The number of benzene rings is 2. The van der Waals surface area contributed by atoms with Gasteiger partial charge >= 0.3 is 5.97 Å². The number of rotatable bonds is 5. The molecule has 0 atom stereocenters. The number of hydrogen-bond donors (Lipinski definition) is 1. The minimum Gasteiger partial charge on any atom is -0.497 e. The number of halogens is 1. The van der Waals surface area contributed by atoms with Crippen LogP contribution in [0.1, 0.15) is 17.3 Å². The van der Waals surface area contributed by atoms with Crippen LogP contribution in [0.4, 0.5) is 15.8 Å². The highest BCUT2D eigenvalue weighted by Crippen LogP contribution is 2.32. The highest BCUT2D eigenvalue weighted by Gasteiger charge is 2.17. The maximum atomic E-state index is 13.1. The van der Waals surface area contributed by atoms with Crippen molar-refractivity contribution in [3.8, 4) is 5.75 Å². The molecule has 0 saturated carbocycles. The lowest BCUT2D eigenvalue weighted by Crippen LogP contribution is -2.19. The first-order valence-electron chi connectivity index (χ1n) is 6.51. The fourth-order valence-electron chi connectivity index (χ4n) is 2.16. The molecule has 0 unspecified atom stereocenters. The van der Waals surface area contributed by atoms with Crippen LogP contribution in [-0.2, 0) is 0 Å². The van der Waals surface area contributed by atoms with Crippen molar-refractivity contribution >= 4 is 17.3 Å². The number of anilines is 2. The van der Waals surface area contributed by atoms with Gasteiger partial charge in [-0.25, -0.2) is 9.18 Å². The number of nitrogens with zero attached hydrogens (tertiary/aromatic N) is 1. The maximum Gasteiger partial charge on any atom is 0.337 e. The van der Waals surface area contributed by atoms with Crippen LogP contribution in [0.3, 0.4) is 0 Å². The molecule has 0 aliphatic rings. The molecule has 0 saturated heterocycles. The fourth-order valence-corrected chi connectivity index (χ4v) is 2.16. The minimum absolute atomic E-state index is 0.168. The molecule has 5 heteroatoms. The van der Waals surface area contributed by atoms with Gasteiger partial charge in [-0.05, 0) is 43.3 Å². The lowest BCUT2D eigenvalue weighted by molar-refractivity contribution is 0.0697. The second-order valence-electron chi connectivity index (χ2n) is 4.41. The average molecular weight is 289 g/mol. The normalized spacial score (nSPS) is 10.2. The predicted octanol–water partition coefficient (Wildman–Crippen LogP) is 3.69. The third-order valence-corrected chi connectivity index (χ3v) is 3.18. The van der Waals surface area contributed by atoms with E-state index >= 15 is 0 Å². The molecule has 0 amide bonds. The number of carboxylic acids is 1. The Kier molecular flexibility index (Phi) is 4.42. The molecule has 2 rings (SSSR count). The number of carboxylic acid groups (broad SMARTS) is 1. The zero-order valence-corrected chi connectivity index (χ0v) is 11.8. The Morgan fingerprint density at radius 1 is 1.24 bits per heavy atom. The highest BCUT2D eigenvalue weighted by molar-refractivity contribution is 5.96. The predicted molar refractivity (Wildman–Crippen MR) is 79.0 cm³/mol. The van der Waals surface area contributed by atoms with Gasteiger partial charge in [-0.3, -0.25) is 0 Å². The average Bonchev–Trinajstić information content (AvgIpc) is 2.49. The topological polar surface area (TPSA) is 49.8 Å². The van der Waals surface area contributed by atoms with Crippen LogP contribution in [0.5, 0.6) is 5.75 Å². The smallest absolute Gasteiger partial charge is 0.337 e. The summed E-state index contributed by atoms with van der Waals surface area (Å²) in [6, 6.07) is 10.7. The Bertz CT molecular complexity index is 640. The SMILES string of the molecule is CCN(c1ccc(F)cc1)c1cc(OC)ccc1C(=O)O. The summed E-state index contributed by atoms with van der Waals surface area (Å²) in [4.78, 5) is 13.2. The lowest BCUT2D eigenvalue weighted by Gasteiger charge is -2.25. The summed E-state index contributed by atoms with van der Waals surface area (Å²) in [7, 11) is 1.52. The number of aromatic carboxylic acids is 1. The molecule has 0 aromatic heterocycles. The Balaban J connectivity index is 2.54. The van der Waals surface area contributed by atoms with Gasteiger partial charge in [0.05, 0.1) is 18.4 Å². The van der Waals surface area contributed by atoms with Crippen LogP contribution in [0.15, 0.2) is 42.5 Å². The van der Waals surface area contributed by atoms with E-state index in [0.717, 1.165) is 5.69 Å². The summed E-state index contributed by atoms with van der Waals surface area (Å²) in [6.07, 6.45) is 0. The quantitative estimate of drug-likeness (QED) is 0.912. The molecule has 2 aromatic rings. The van der Waals surface area contributed by atoms with Gasteiger partial charge in [-0.15, -0.1) is 0 Å². The van der Waals surface area contributed by atoms with Crippen molar-refractivity contribution < 1.29 is 19.0 Å². The zero-order valence-electron chi connectivity index (χ0n) is 11.8. The van der Waals surface area contributed by atoms with Crippen LogP contribution >= 0.6 is 0 Å². The molecule has 1 N–H and O–H groups in total. The van der Waals surface area contributed by atoms with Crippen molar-refractivity contribution in [2.45, 2.75) is 6.92 Å². The molecule has 0 spiro atoms. The van der Waals surface area contributed by atoms with Crippen LogP contribution in [0.25, 0.3) is 0 Å². The van der Waals surface area contributed by atoms with Gasteiger partial charge in [0.25, 0.3) is 0 Å². The molecule has 110 valence electrons. The molecule has 0 aliphatic carbocycles. The van der Waals surface area contributed by atoms with Crippen LogP contribution < -0.4 is 9.64 Å². The van der Waals surface area contributed by atoms with Gasteiger partial charge in [-0.2, -0.15) is 0 Å². The molecule has 0 aliphatic heterocycles. The first kappa shape index (κ1) is 14.8. The van der Waals surface area contributed by atoms with Crippen LogP contribution in [0.2, 0.25) is 0 Å². The van der Waals surface area contributed by atoms with Crippen molar-refractivity contribution in [1.29, 1.82) is 0 Å². The summed E-state index contributed by atoms with van der Waals surface area (Å²) in [5.41, 5.74) is 1.40.